The van der Waals surface area contributed by atoms with Crippen molar-refractivity contribution in [1.82, 2.24) is 0 Å². The number of nitro groups is 1. The summed E-state index contributed by atoms with van der Waals surface area (Å²) in [6.45, 7) is 1.82. The third-order valence-electron chi connectivity index (χ3n) is 2.68. The Morgan fingerprint density at radius 3 is 2.68 bits per heavy atom. The van der Waals surface area contributed by atoms with Gasteiger partial charge in [0, 0.05) is 6.07 Å². The van der Waals surface area contributed by atoms with Crippen molar-refractivity contribution in [2.45, 2.75) is 13.5 Å². The molecule has 0 aliphatic carbocycles. The first-order valence-corrected chi connectivity index (χ1v) is 5.73. The Labute approximate surface area is 110 Å². The minimum absolute atomic E-state index is 0.0119. The van der Waals surface area contributed by atoms with Gasteiger partial charge in [-0.2, -0.15) is 0 Å². The highest BCUT2D eigenvalue weighted by Crippen LogP contribution is 2.28. The summed E-state index contributed by atoms with van der Waals surface area (Å²) in [5.41, 5.74) is 1.64. The van der Waals surface area contributed by atoms with Crippen molar-refractivity contribution in [3.8, 4) is 11.5 Å². The molecule has 0 bridgehead atoms. The summed E-state index contributed by atoms with van der Waals surface area (Å²) in [5.74, 6) is 1.02. The number of hydrogen-bond acceptors (Lipinski definition) is 4. The van der Waals surface area contributed by atoms with Gasteiger partial charge in [0.2, 0.25) is 0 Å². The molecule has 0 fully saturated rings. The Bertz CT molecular complexity index is 610. The van der Waals surface area contributed by atoms with Crippen LogP contribution in [0.4, 0.5) is 5.69 Å². The first-order chi connectivity index (χ1) is 9.10. The summed E-state index contributed by atoms with van der Waals surface area (Å²) in [6, 6.07) is 11.3. The van der Waals surface area contributed by atoms with Gasteiger partial charge in [-0.1, -0.05) is 18.2 Å². The molecule has 0 saturated heterocycles. The molecule has 19 heavy (non-hydrogen) atoms. The van der Waals surface area contributed by atoms with E-state index in [-0.39, 0.29) is 12.3 Å². The van der Waals surface area contributed by atoms with E-state index in [4.69, 9.17) is 9.84 Å². The third-order valence-corrected chi connectivity index (χ3v) is 2.68. The molecule has 0 unspecified atom stereocenters. The Morgan fingerprint density at radius 1 is 1.26 bits per heavy atom. The number of benzene rings is 2. The van der Waals surface area contributed by atoms with Crippen LogP contribution < -0.4 is 4.74 Å². The van der Waals surface area contributed by atoms with E-state index in [2.05, 4.69) is 0 Å². The van der Waals surface area contributed by atoms with E-state index in [1.54, 1.807) is 24.3 Å². The van der Waals surface area contributed by atoms with Crippen LogP contribution in [0.2, 0.25) is 0 Å². The molecule has 1 N–H and O–H groups in total. The summed E-state index contributed by atoms with van der Waals surface area (Å²) in [7, 11) is 0. The zero-order valence-corrected chi connectivity index (χ0v) is 10.4. The fourth-order valence-electron chi connectivity index (χ4n) is 1.71. The van der Waals surface area contributed by atoms with E-state index >= 15 is 0 Å². The van der Waals surface area contributed by atoms with Crippen molar-refractivity contribution < 1.29 is 14.8 Å². The zero-order valence-electron chi connectivity index (χ0n) is 10.4. The lowest BCUT2D eigenvalue weighted by molar-refractivity contribution is -0.384. The summed E-state index contributed by atoms with van der Waals surface area (Å²) < 4.78 is 5.61. The second-order valence-electron chi connectivity index (χ2n) is 4.11. The molecule has 0 saturated carbocycles. The molecule has 0 amide bonds. The average Bonchev–Trinajstić information content (AvgIpc) is 2.41. The minimum Gasteiger partial charge on any atom is -0.457 e. The molecule has 0 aromatic heterocycles. The highest BCUT2D eigenvalue weighted by Gasteiger charge is 2.08. The van der Waals surface area contributed by atoms with Gasteiger partial charge >= 0.3 is 0 Å². The van der Waals surface area contributed by atoms with Crippen molar-refractivity contribution in [3.05, 3.63) is 63.7 Å². The maximum Gasteiger partial charge on any atom is 0.273 e. The highest BCUT2D eigenvalue weighted by molar-refractivity contribution is 5.43. The molecule has 5 heteroatoms. The van der Waals surface area contributed by atoms with E-state index in [0.717, 1.165) is 11.1 Å². The number of aliphatic hydroxyl groups is 1. The molecular weight excluding hydrogens is 246 g/mol. The highest BCUT2D eigenvalue weighted by atomic mass is 16.6. The van der Waals surface area contributed by atoms with Crippen LogP contribution in [-0.4, -0.2) is 10.0 Å². The Hall–Kier alpha value is -2.40. The van der Waals surface area contributed by atoms with E-state index < -0.39 is 4.92 Å². The predicted molar refractivity (Wildman–Crippen MR) is 70.3 cm³/mol. The molecule has 0 atom stereocenters. The van der Waals surface area contributed by atoms with Gasteiger partial charge in [0.05, 0.1) is 17.6 Å². The monoisotopic (exact) mass is 259 g/mol. The number of nitrogens with zero attached hydrogens (tertiary/aromatic N) is 1. The minimum atomic E-state index is -0.464. The van der Waals surface area contributed by atoms with Crippen LogP contribution in [0.15, 0.2) is 42.5 Å². The number of nitro benzene ring substituents is 1. The van der Waals surface area contributed by atoms with Crippen molar-refractivity contribution in [2.75, 3.05) is 0 Å². The molecule has 0 spiro atoms. The Kier molecular flexibility index (Phi) is 3.77. The first-order valence-electron chi connectivity index (χ1n) is 5.73. The van der Waals surface area contributed by atoms with E-state index in [0.29, 0.717) is 11.5 Å². The van der Waals surface area contributed by atoms with Crippen LogP contribution in [0.3, 0.4) is 0 Å². The van der Waals surface area contributed by atoms with Crippen LogP contribution in [0.1, 0.15) is 11.1 Å². The first kappa shape index (κ1) is 13.0. The summed E-state index contributed by atoms with van der Waals surface area (Å²) in [6.07, 6.45) is 0. The van der Waals surface area contributed by atoms with Crippen molar-refractivity contribution in [3.63, 3.8) is 0 Å². The van der Waals surface area contributed by atoms with Crippen LogP contribution in [0, 0.1) is 17.0 Å². The maximum atomic E-state index is 10.7. The topological polar surface area (TPSA) is 72.6 Å². The molecule has 2 rings (SSSR count). The molecule has 0 radical (unpaired) electrons. The second kappa shape index (κ2) is 5.49. The van der Waals surface area contributed by atoms with Gasteiger partial charge in [0.25, 0.3) is 5.69 Å². The summed E-state index contributed by atoms with van der Waals surface area (Å²) in [4.78, 5) is 10.2. The quantitative estimate of drug-likeness (QED) is 0.676. The molecular formula is C14H13NO4. The molecule has 0 aliphatic heterocycles. The fourth-order valence-corrected chi connectivity index (χ4v) is 1.71. The number of aryl methyl sites for hydroxylation is 1. The summed E-state index contributed by atoms with van der Waals surface area (Å²) in [5, 5.41) is 19.7. The van der Waals surface area contributed by atoms with Gasteiger partial charge in [-0.3, -0.25) is 10.1 Å². The largest absolute Gasteiger partial charge is 0.457 e. The zero-order chi connectivity index (χ0) is 13.8. The number of rotatable bonds is 4. The van der Waals surface area contributed by atoms with E-state index in [1.807, 2.05) is 13.0 Å². The normalized spacial score (nSPS) is 10.2. The predicted octanol–water partition coefficient (Wildman–Crippen LogP) is 3.19. The lowest BCUT2D eigenvalue weighted by Crippen LogP contribution is -1.92. The number of ether oxygens (including phenoxy) is 1. The third kappa shape index (κ3) is 3.08. The smallest absolute Gasteiger partial charge is 0.273 e. The van der Waals surface area contributed by atoms with Crippen molar-refractivity contribution >= 4 is 5.69 Å². The van der Waals surface area contributed by atoms with Crippen molar-refractivity contribution in [1.29, 1.82) is 0 Å². The van der Waals surface area contributed by atoms with Crippen LogP contribution >= 0.6 is 0 Å². The molecule has 98 valence electrons. The molecule has 2 aromatic rings. The van der Waals surface area contributed by atoms with Crippen LogP contribution in [0.5, 0.6) is 11.5 Å². The van der Waals surface area contributed by atoms with Gasteiger partial charge in [-0.15, -0.1) is 0 Å². The lowest BCUT2D eigenvalue weighted by Gasteiger charge is -2.09. The van der Waals surface area contributed by atoms with Crippen molar-refractivity contribution in [2.24, 2.45) is 0 Å². The van der Waals surface area contributed by atoms with Gasteiger partial charge < -0.3 is 9.84 Å². The number of non-ortho nitro benzene ring substituents is 1. The Morgan fingerprint density at radius 2 is 2.05 bits per heavy atom. The Balaban J connectivity index is 2.26. The van der Waals surface area contributed by atoms with Gasteiger partial charge in [-0.05, 0) is 30.2 Å². The standard InChI is InChI=1S/C14H13NO4/c1-10-7-11(9-16)5-6-14(10)19-13-4-2-3-12(8-13)15(17)18/h2-8,16H,9H2,1H3. The average molecular weight is 259 g/mol. The van der Waals surface area contributed by atoms with Crippen LogP contribution in [-0.2, 0) is 6.61 Å². The van der Waals surface area contributed by atoms with Gasteiger partial charge in [0.15, 0.2) is 0 Å². The molecule has 0 aliphatic rings. The molecule has 0 heterocycles. The van der Waals surface area contributed by atoms with Crippen LogP contribution in [0.25, 0.3) is 0 Å². The fraction of sp³-hybridized carbons (Fsp3) is 0.143. The van der Waals surface area contributed by atoms with E-state index in [9.17, 15) is 10.1 Å². The van der Waals surface area contributed by atoms with E-state index in [1.165, 1.54) is 12.1 Å². The maximum absolute atomic E-state index is 10.7. The number of aliphatic hydroxyl groups excluding tert-OH is 1. The number of hydrogen-bond donors (Lipinski definition) is 1. The van der Waals surface area contributed by atoms with Gasteiger partial charge in [0.1, 0.15) is 11.5 Å². The van der Waals surface area contributed by atoms with Gasteiger partial charge in [-0.25, -0.2) is 0 Å². The molecule has 5 nitrogen and oxygen atoms in total. The second-order valence-corrected chi connectivity index (χ2v) is 4.11. The molecule has 2 aromatic carbocycles. The lowest BCUT2D eigenvalue weighted by atomic mass is 10.1. The summed E-state index contributed by atoms with van der Waals surface area (Å²) >= 11 is 0. The SMILES string of the molecule is Cc1cc(CO)ccc1Oc1cccc([N+](=O)[O-])c1.